The molecular formula is C17H17NO. The summed E-state index contributed by atoms with van der Waals surface area (Å²) in [5.74, 6) is 0. The van der Waals surface area contributed by atoms with E-state index in [1.807, 2.05) is 18.2 Å². The number of hydrogen-bond acceptors (Lipinski definition) is 1. The highest BCUT2D eigenvalue weighted by atomic mass is 16.3. The van der Waals surface area contributed by atoms with Crippen LogP contribution in [0.15, 0.2) is 60.8 Å². The van der Waals surface area contributed by atoms with Crippen molar-refractivity contribution in [1.82, 2.24) is 4.57 Å². The van der Waals surface area contributed by atoms with Crippen LogP contribution in [0, 0.1) is 0 Å². The molecule has 0 bridgehead atoms. The molecule has 0 saturated carbocycles. The molecule has 3 rings (SSSR count). The number of aliphatic hydroxyl groups is 1. The zero-order valence-corrected chi connectivity index (χ0v) is 10.8. The van der Waals surface area contributed by atoms with Gasteiger partial charge in [0.2, 0.25) is 0 Å². The third-order valence-corrected chi connectivity index (χ3v) is 3.56. The van der Waals surface area contributed by atoms with Crippen LogP contribution in [0.1, 0.15) is 11.1 Å². The maximum Gasteiger partial charge on any atom is 0.0688 e. The maximum atomic E-state index is 9.34. The van der Waals surface area contributed by atoms with E-state index in [1.54, 1.807) is 0 Å². The van der Waals surface area contributed by atoms with Gasteiger partial charge in [-0.05, 0) is 29.7 Å². The Hall–Kier alpha value is -2.06. The monoisotopic (exact) mass is 251 g/mol. The van der Waals surface area contributed by atoms with Crippen LogP contribution in [0.2, 0.25) is 0 Å². The number of aliphatic hydroxyl groups excluding tert-OH is 1. The van der Waals surface area contributed by atoms with E-state index in [2.05, 4.69) is 47.2 Å². The summed E-state index contributed by atoms with van der Waals surface area (Å²) in [6.45, 7) is 1.06. The molecule has 0 unspecified atom stereocenters. The molecule has 0 spiro atoms. The number of fused-ring (bicyclic) bond motifs is 1. The average molecular weight is 251 g/mol. The molecule has 96 valence electrons. The lowest BCUT2D eigenvalue weighted by atomic mass is 10.1. The summed E-state index contributed by atoms with van der Waals surface area (Å²) in [5, 5.41) is 10.5. The van der Waals surface area contributed by atoms with E-state index >= 15 is 0 Å². The molecule has 1 heterocycles. The van der Waals surface area contributed by atoms with Crippen molar-refractivity contribution < 1.29 is 5.11 Å². The van der Waals surface area contributed by atoms with Crippen molar-refractivity contribution >= 4 is 10.9 Å². The molecule has 1 N–H and O–H groups in total. The van der Waals surface area contributed by atoms with E-state index in [9.17, 15) is 5.11 Å². The Bertz CT molecular complexity index is 670. The largest absolute Gasteiger partial charge is 0.392 e. The second kappa shape index (κ2) is 5.29. The van der Waals surface area contributed by atoms with Crippen molar-refractivity contribution in [1.29, 1.82) is 0 Å². The van der Waals surface area contributed by atoms with Crippen LogP contribution in [0.3, 0.4) is 0 Å². The van der Waals surface area contributed by atoms with Gasteiger partial charge in [0, 0.05) is 23.6 Å². The van der Waals surface area contributed by atoms with Crippen molar-refractivity contribution in [3.8, 4) is 0 Å². The summed E-state index contributed by atoms with van der Waals surface area (Å²) >= 11 is 0. The first-order valence-corrected chi connectivity index (χ1v) is 6.60. The summed E-state index contributed by atoms with van der Waals surface area (Å²) in [4.78, 5) is 0. The molecule has 0 amide bonds. The highest BCUT2D eigenvalue weighted by molar-refractivity contribution is 5.83. The molecule has 0 atom stereocenters. The van der Waals surface area contributed by atoms with Crippen molar-refractivity contribution in [2.24, 2.45) is 0 Å². The zero-order chi connectivity index (χ0) is 13.1. The van der Waals surface area contributed by atoms with Gasteiger partial charge in [-0.25, -0.2) is 0 Å². The van der Waals surface area contributed by atoms with E-state index in [4.69, 9.17) is 0 Å². The van der Waals surface area contributed by atoms with Crippen LogP contribution in [-0.4, -0.2) is 9.67 Å². The number of hydrogen-bond donors (Lipinski definition) is 1. The first-order valence-electron chi connectivity index (χ1n) is 6.60. The predicted octanol–water partition coefficient (Wildman–Crippen LogP) is 3.38. The third kappa shape index (κ3) is 2.40. The number of aromatic nitrogens is 1. The summed E-state index contributed by atoms with van der Waals surface area (Å²) in [5.41, 5.74) is 3.54. The van der Waals surface area contributed by atoms with Gasteiger partial charge in [-0.2, -0.15) is 0 Å². The van der Waals surface area contributed by atoms with Crippen molar-refractivity contribution in [3.63, 3.8) is 0 Å². The minimum atomic E-state index is 0.0973. The van der Waals surface area contributed by atoms with Crippen molar-refractivity contribution in [2.75, 3.05) is 0 Å². The maximum absolute atomic E-state index is 9.34. The van der Waals surface area contributed by atoms with Crippen LogP contribution >= 0.6 is 0 Å². The lowest BCUT2D eigenvalue weighted by Crippen LogP contribution is -1.99. The number of nitrogens with zero attached hydrogens (tertiary/aromatic N) is 1. The van der Waals surface area contributed by atoms with Gasteiger partial charge in [0.15, 0.2) is 0 Å². The van der Waals surface area contributed by atoms with Crippen molar-refractivity contribution in [3.05, 3.63) is 71.9 Å². The molecule has 2 nitrogen and oxygen atoms in total. The molecule has 2 heteroatoms. The number of rotatable bonds is 4. The van der Waals surface area contributed by atoms with E-state index < -0.39 is 0 Å². The summed E-state index contributed by atoms with van der Waals surface area (Å²) in [6, 6.07) is 18.7. The molecular weight excluding hydrogens is 234 g/mol. The van der Waals surface area contributed by atoms with Gasteiger partial charge in [0.25, 0.3) is 0 Å². The predicted molar refractivity (Wildman–Crippen MR) is 78.0 cm³/mol. The van der Waals surface area contributed by atoms with Crippen LogP contribution < -0.4 is 0 Å². The number of benzene rings is 2. The van der Waals surface area contributed by atoms with Crippen LogP contribution in [0.5, 0.6) is 0 Å². The Labute approximate surface area is 112 Å². The van der Waals surface area contributed by atoms with E-state index in [1.165, 1.54) is 11.1 Å². The molecule has 0 saturated heterocycles. The summed E-state index contributed by atoms with van der Waals surface area (Å²) < 4.78 is 2.25. The normalized spacial score (nSPS) is 11.0. The smallest absolute Gasteiger partial charge is 0.0688 e. The standard InChI is InChI=1S/C17H17NO/c19-13-15-7-4-8-17-16(15)10-12-18(17)11-9-14-5-2-1-3-6-14/h1-8,10,12,19H,9,11,13H2. The van der Waals surface area contributed by atoms with Crippen LogP contribution in [0.25, 0.3) is 10.9 Å². The Morgan fingerprint density at radius 3 is 2.53 bits per heavy atom. The summed E-state index contributed by atoms with van der Waals surface area (Å²) in [7, 11) is 0. The van der Waals surface area contributed by atoms with Crippen LogP contribution in [-0.2, 0) is 19.6 Å². The minimum Gasteiger partial charge on any atom is -0.392 e. The van der Waals surface area contributed by atoms with Gasteiger partial charge in [-0.15, -0.1) is 0 Å². The Balaban J connectivity index is 1.86. The molecule has 0 radical (unpaired) electrons. The second-order valence-corrected chi connectivity index (χ2v) is 4.75. The molecule has 19 heavy (non-hydrogen) atoms. The van der Waals surface area contributed by atoms with Crippen molar-refractivity contribution in [2.45, 2.75) is 19.6 Å². The van der Waals surface area contributed by atoms with Gasteiger partial charge in [0.05, 0.1) is 6.61 Å². The Kier molecular flexibility index (Phi) is 3.34. The fourth-order valence-corrected chi connectivity index (χ4v) is 2.51. The molecule has 0 aliphatic rings. The van der Waals surface area contributed by atoms with E-state index in [-0.39, 0.29) is 6.61 Å². The molecule has 0 fully saturated rings. The first-order chi connectivity index (χ1) is 9.38. The van der Waals surface area contributed by atoms with Gasteiger partial charge < -0.3 is 9.67 Å². The first kappa shape index (κ1) is 12.0. The fourth-order valence-electron chi connectivity index (χ4n) is 2.51. The lowest BCUT2D eigenvalue weighted by molar-refractivity contribution is 0.283. The Morgan fingerprint density at radius 1 is 0.895 bits per heavy atom. The highest BCUT2D eigenvalue weighted by Gasteiger charge is 2.04. The minimum absolute atomic E-state index is 0.0973. The SMILES string of the molecule is OCc1cccc2c1ccn2CCc1ccccc1. The molecule has 0 aliphatic carbocycles. The van der Waals surface area contributed by atoms with E-state index in [0.29, 0.717) is 0 Å². The Morgan fingerprint density at radius 2 is 1.74 bits per heavy atom. The fraction of sp³-hybridized carbons (Fsp3) is 0.176. The molecule has 0 aliphatic heterocycles. The highest BCUT2D eigenvalue weighted by Crippen LogP contribution is 2.20. The number of aryl methyl sites for hydroxylation is 2. The van der Waals surface area contributed by atoms with Gasteiger partial charge in [-0.3, -0.25) is 0 Å². The molecule has 3 aromatic rings. The van der Waals surface area contributed by atoms with Crippen LogP contribution in [0.4, 0.5) is 0 Å². The second-order valence-electron chi connectivity index (χ2n) is 4.75. The van der Waals surface area contributed by atoms with Gasteiger partial charge in [-0.1, -0.05) is 42.5 Å². The topological polar surface area (TPSA) is 25.2 Å². The quantitative estimate of drug-likeness (QED) is 0.755. The third-order valence-electron chi connectivity index (χ3n) is 3.56. The van der Waals surface area contributed by atoms with Gasteiger partial charge >= 0.3 is 0 Å². The average Bonchev–Trinajstić information content (AvgIpc) is 2.89. The zero-order valence-electron chi connectivity index (χ0n) is 10.8. The van der Waals surface area contributed by atoms with E-state index in [0.717, 1.165) is 23.9 Å². The molecule has 1 aromatic heterocycles. The summed E-state index contributed by atoms with van der Waals surface area (Å²) in [6.07, 6.45) is 3.13. The lowest BCUT2D eigenvalue weighted by Gasteiger charge is -2.06. The molecule has 2 aromatic carbocycles. The van der Waals surface area contributed by atoms with Gasteiger partial charge in [0.1, 0.15) is 0 Å².